The summed E-state index contributed by atoms with van der Waals surface area (Å²) in [5, 5.41) is 31.7. The Labute approximate surface area is 227 Å². The molecular weight excluding hydrogens is 495 g/mol. The van der Waals surface area contributed by atoms with Crippen molar-refractivity contribution in [1.82, 2.24) is 4.98 Å². The predicted molar refractivity (Wildman–Crippen MR) is 147 cm³/mol. The maximum atomic E-state index is 13.6. The maximum Gasteiger partial charge on any atom is 0.123 e. The summed E-state index contributed by atoms with van der Waals surface area (Å²) in [4.78, 5) is 15.5. The van der Waals surface area contributed by atoms with Gasteiger partial charge in [0.05, 0.1) is 30.0 Å². The first-order chi connectivity index (χ1) is 18.9. The summed E-state index contributed by atoms with van der Waals surface area (Å²) in [5.74, 6) is -1.36. The first-order valence-corrected chi connectivity index (χ1v) is 13.1. The lowest BCUT2D eigenvalue weighted by molar-refractivity contribution is -0.386. The molecule has 1 fully saturated rings. The quantitative estimate of drug-likeness (QED) is 0.306. The smallest absolute Gasteiger partial charge is 0.123 e. The number of halogens is 1. The first kappa shape index (κ1) is 28.1. The Morgan fingerprint density at radius 2 is 1.69 bits per heavy atom. The average molecular weight is 529 g/mol. The molecule has 0 saturated heterocycles. The molecule has 1 saturated carbocycles. The fourth-order valence-corrected chi connectivity index (χ4v) is 4.49. The van der Waals surface area contributed by atoms with Gasteiger partial charge in [-0.3, -0.25) is 4.98 Å². The number of nitrogens with zero attached hydrogens (tertiary/aromatic N) is 1. The minimum atomic E-state index is -1.36. The number of para-hydroxylation sites is 1. The lowest BCUT2D eigenvalue weighted by atomic mass is 9.92. The normalized spacial score (nSPS) is 14.6. The highest BCUT2D eigenvalue weighted by atomic mass is 19.1. The largest absolute Gasteiger partial charge is 0.550 e. The van der Waals surface area contributed by atoms with Crippen LogP contribution in [0.15, 0.2) is 84.9 Å². The van der Waals surface area contributed by atoms with Gasteiger partial charge >= 0.3 is 0 Å². The van der Waals surface area contributed by atoms with Gasteiger partial charge in [-0.25, -0.2) is 4.39 Å². The number of fused-ring (bicyclic) bond motifs is 1. The fraction of sp³-hybridized carbons (Fsp3) is 0.250. The van der Waals surface area contributed by atoms with Crippen LogP contribution in [-0.4, -0.2) is 33.4 Å². The third-order valence-electron chi connectivity index (χ3n) is 6.59. The highest BCUT2D eigenvalue weighted by Gasteiger charge is 2.29. The molecule has 6 nitrogen and oxygen atoms in total. The van der Waals surface area contributed by atoms with E-state index in [0.29, 0.717) is 5.92 Å². The second kappa shape index (κ2) is 13.2. The predicted octanol–water partition coefficient (Wildman–Crippen LogP) is 3.61. The van der Waals surface area contributed by atoms with E-state index in [1.807, 2.05) is 42.5 Å². The number of carboxylic acid groups (broad SMARTS) is 1. The number of carbonyl (C=O) groups excluding carboxylic acids is 1. The molecule has 0 unspecified atom stereocenters. The van der Waals surface area contributed by atoms with E-state index in [1.54, 1.807) is 24.3 Å². The molecule has 3 aromatic carbocycles. The summed E-state index contributed by atoms with van der Waals surface area (Å²) in [7, 11) is 0. The number of aromatic nitrogens is 1. The van der Waals surface area contributed by atoms with Crippen LogP contribution < -0.4 is 10.8 Å². The van der Waals surface area contributed by atoms with Crippen molar-refractivity contribution in [1.29, 1.82) is 0 Å². The number of quaternary nitrogens is 1. The van der Waals surface area contributed by atoms with E-state index in [9.17, 15) is 24.5 Å². The van der Waals surface area contributed by atoms with Crippen molar-refractivity contribution in [2.45, 2.75) is 50.4 Å². The molecule has 2 atom stereocenters. The van der Waals surface area contributed by atoms with Crippen LogP contribution in [0.4, 0.5) is 4.39 Å². The van der Waals surface area contributed by atoms with Crippen molar-refractivity contribution in [2.24, 2.45) is 0 Å². The highest BCUT2D eigenvalue weighted by Crippen LogP contribution is 2.45. The Morgan fingerprint density at radius 1 is 1.03 bits per heavy atom. The summed E-state index contributed by atoms with van der Waals surface area (Å²) in [5.41, 5.74) is 9.43. The van der Waals surface area contributed by atoms with Gasteiger partial charge in [-0.05, 0) is 36.6 Å². The fourth-order valence-electron chi connectivity index (χ4n) is 4.49. The van der Waals surface area contributed by atoms with Crippen molar-refractivity contribution in [3.8, 4) is 11.1 Å². The molecule has 1 aliphatic rings. The summed E-state index contributed by atoms with van der Waals surface area (Å²) in [6.07, 6.45) is 2.51. The van der Waals surface area contributed by atoms with Crippen LogP contribution >= 0.6 is 0 Å². The SMILES string of the molecule is O=C([O-])C[C@H](O)C[C@H](O)/C=C/c1c(C2CC2)nc2ccccc2c1-c1ccc(F)cc1.[NH3+]Cc1ccccc1. The van der Waals surface area contributed by atoms with E-state index >= 15 is 0 Å². The van der Waals surface area contributed by atoms with Gasteiger partial charge in [0.2, 0.25) is 0 Å². The second-order valence-electron chi connectivity index (χ2n) is 9.71. The molecular formula is C32H33FN2O4. The molecule has 0 aliphatic heterocycles. The third-order valence-corrected chi connectivity index (χ3v) is 6.59. The van der Waals surface area contributed by atoms with Crippen LogP contribution in [0.5, 0.6) is 0 Å². The Bertz CT molecular complexity index is 1420. The number of benzene rings is 3. The number of hydrogen-bond acceptors (Lipinski definition) is 5. The summed E-state index contributed by atoms with van der Waals surface area (Å²) in [6.45, 7) is 0.890. The first-order valence-electron chi connectivity index (χ1n) is 13.1. The molecule has 202 valence electrons. The van der Waals surface area contributed by atoms with Gasteiger partial charge < -0.3 is 25.8 Å². The highest BCUT2D eigenvalue weighted by molar-refractivity contribution is 5.99. The Hall–Kier alpha value is -3.91. The van der Waals surface area contributed by atoms with Crippen LogP contribution in [0.2, 0.25) is 0 Å². The lowest BCUT2D eigenvalue weighted by Crippen LogP contribution is -2.47. The molecule has 39 heavy (non-hydrogen) atoms. The Balaban J connectivity index is 0.000000379. The van der Waals surface area contributed by atoms with Crippen molar-refractivity contribution >= 4 is 22.9 Å². The molecule has 0 amide bonds. The van der Waals surface area contributed by atoms with Gasteiger partial charge in [0, 0.05) is 46.8 Å². The molecule has 0 bridgehead atoms. The van der Waals surface area contributed by atoms with Crippen molar-refractivity contribution in [3.63, 3.8) is 0 Å². The lowest BCUT2D eigenvalue weighted by Gasteiger charge is -2.17. The minimum absolute atomic E-state index is 0.115. The second-order valence-corrected chi connectivity index (χ2v) is 9.71. The number of rotatable bonds is 9. The van der Waals surface area contributed by atoms with Gasteiger partial charge in [0.1, 0.15) is 5.82 Å². The molecule has 1 aliphatic carbocycles. The van der Waals surface area contributed by atoms with Gasteiger partial charge in [-0.1, -0.05) is 72.8 Å². The molecule has 5 N–H and O–H groups in total. The molecule has 1 aromatic heterocycles. The number of carboxylic acids is 1. The standard InChI is InChI=1S/C25H24FNO4.C7H9N/c26-17-9-7-15(8-10-17)24-20-3-1-2-4-22(20)27-25(16-5-6-16)21(24)12-11-18(28)13-19(29)14-23(30)31;8-6-7-4-2-1-3-5-7/h1-4,7-12,16,18-19,28-29H,5-6,13-14H2,(H,30,31);1-5H,6,8H2/b12-11+;/t18-,19-;/m1./s1. The van der Waals surface area contributed by atoms with Crippen LogP contribution in [0.3, 0.4) is 0 Å². The zero-order valence-electron chi connectivity index (χ0n) is 21.7. The van der Waals surface area contributed by atoms with Gasteiger partial charge in [-0.15, -0.1) is 0 Å². The molecule has 5 rings (SSSR count). The van der Waals surface area contributed by atoms with Crippen molar-refractivity contribution in [2.75, 3.05) is 0 Å². The zero-order valence-corrected chi connectivity index (χ0v) is 21.7. The molecule has 1 heterocycles. The van der Waals surface area contributed by atoms with Gasteiger partial charge in [-0.2, -0.15) is 0 Å². The van der Waals surface area contributed by atoms with Crippen LogP contribution in [-0.2, 0) is 11.3 Å². The number of carbonyl (C=O) groups is 1. The third kappa shape index (κ3) is 7.80. The molecule has 7 heteroatoms. The number of pyridine rings is 1. The van der Waals surface area contributed by atoms with E-state index in [-0.39, 0.29) is 12.2 Å². The van der Waals surface area contributed by atoms with Crippen molar-refractivity contribution in [3.05, 3.63) is 108 Å². The minimum Gasteiger partial charge on any atom is -0.550 e. The zero-order chi connectivity index (χ0) is 27.8. The van der Waals surface area contributed by atoms with Gasteiger partial charge in [0.25, 0.3) is 0 Å². The Morgan fingerprint density at radius 3 is 2.31 bits per heavy atom. The van der Waals surface area contributed by atoms with Crippen LogP contribution in [0.1, 0.15) is 48.4 Å². The Kier molecular flexibility index (Phi) is 9.54. The van der Waals surface area contributed by atoms with E-state index < -0.39 is 24.6 Å². The molecule has 0 radical (unpaired) electrons. The van der Waals surface area contributed by atoms with Crippen LogP contribution in [0.25, 0.3) is 28.1 Å². The summed E-state index contributed by atoms with van der Waals surface area (Å²) >= 11 is 0. The molecule has 0 spiro atoms. The monoisotopic (exact) mass is 528 g/mol. The number of hydrogen-bond donors (Lipinski definition) is 3. The number of aliphatic hydroxyl groups excluding tert-OH is 2. The molecule has 4 aromatic rings. The summed E-state index contributed by atoms with van der Waals surface area (Å²) in [6, 6.07) is 24.3. The van der Waals surface area contributed by atoms with E-state index in [4.69, 9.17) is 4.98 Å². The van der Waals surface area contributed by atoms with Crippen LogP contribution in [0, 0.1) is 5.82 Å². The number of aliphatic carboxylic acids is 1. The number of aliphatic hydroxyl groups is 2. The summed E-state index contributed by atoms with van der Waals surface area (Å²) < 4.78 is 13.6. The average Bonchev–Trinajstić information content (AvgIpc) is 3.78. The van der Waals surface area contributed by atoms with Crippen molar-refractivity contribution < 1.29 is 30.2 Å². The van der Waals surface area contributed by atoms with Gasteiger partial charge in [0.15, 0.2) is 0 Å². The van der Waals surface area contributed by atoms with E-state index in [0.717, 1.165) is 52.7 Å². The topological polar surface area (TPSA) is 121 Å². The van der Waals surface area contributed by atoms with E-state index in [1.165, 1.54) is 17.7 Å². The maximum absolute atomic E-state index is 13.6. The van der Waals surface area contributed by atoms with E-state index in [2.05, 4.69) is 17.9 Å².